The molecule has 5 rings (SSSR count). The second-order valence-corrected chi connectivity index (χ2v) is 9.14. The van der Waals surface area contributed by atoms with Gasteiger partial charge in [-0.05, 0) is 60.9 Å². The third-order valence-corrected chi connectivity index (χ3v) is 6.48. The van der Waals surface area contributed by atoms with Crippen molar-refractivity contribution < 1.29 is 9.47 Å². The summed E-state index contributed by atoms with van der Waals surface area (Å²) in [5.74, 6) is 1.15. The van der Waals surface area contributed by atoms with Crippen LogP contribution in [-0.2, 0) is 4.74 Å². The molecular formula is C28H31N5O2. The smallest absolute Gasteiger partial charge is 0.322 e. The van der Waals surface area contributed by atoms with Gasteiger partial charge in [0.25, 0.3) is 0 Å². The monoisotopic (exact) mass is 469 g/mol. The summed E-state index contributed by atoms with van der Waals surface area (Å²) in [6, 6.07) is 17.0. The third kappa shape index (κ3) is 4.91. The lowest BCUT2D eigenvalue weighted by Gasteiger charge is -2.33. The molecule has 7 nitrogen and oxygen atoms in total. The van der Waals surface area contributed by atoms with Gasteiger partial charge in [0.05, 0.1) is 30.6 Å². The van der Waals surface area contributed by atoms with E-state index in [0.717, 1.165) is 54.3 Å². The van der Waals surface area contributed by atoms with Crippen LogP contribution in [0.25, 0.3) is 10.9 Å². The average molecular weight is 470 g/mol. The van der Waals surface area contributed by atoms with E-state index in [9.17, 15) is 0 Å². The second-order valence-electron chi connectivity index (χ2n) is 9.14. The number of fused-ring (bicyclic) bond motifs is 1. The molecule has 1 aliphatic rings. The van der Waals surface area contributed by atoms with E-state index in [4.69, 9.17) is 9.47 Å². The van der Waals surface area contributed by atoms with E-state index in [-0.39, 0.29) is 0 Å². The highest BCUT2D eigenvalue weighted by atomic mass is 16.5. The minimum absolute atomic E-state index is 0.323. The van der Waals surface area contributed by atoms with Gasteiger partial charge in [-0.1, -0.05) is 19.9 Å². The molecule has 4 aromatic rings. The Balaban J connectivity index is 1.36. The molecule has 0 aliphatic carbocycles. The maximum atomic E-state index is 5.96. The summed E-state index contributed by atoms with van der Waals surface area (Å²) in [4.78, 5) is 17.8. The van der Waals surface area contributed by atoms with Gasteiger partial charge in [0.1, 0.15) is 5.75 Å². The molecule has 0 atom stereocenters. The van der Waals surface area contributed by atoms with Crippen molar-refractivity contribution in [3.63, 3.8) is 0 Å². The zero-order chi connectivity index (χ0) is 24.4. The van der Waals surface area contributed by atoms with E-state index in [2.05, 4.69) is 76.0 Å². The SMILES string of the molecule is Cc1nc(Oc2ccc(N(C)c3ccc(C(C)C)c(N4CCOCC4)c3)cc2)nc2cnccc12. The molecular weight excluding hydrogens is 438 g/mol. The van der Waals surface area contributed by atoms with Gasteiger partial charge in [0.2, 0.25) is 0 Å². The summed E-state index contributed by atoms with van der Waals surface area (Å²) in [6.07, 6.45) is 3.47. The minimum atomic E-state index is 0.323. The fourth-order valence-corrected chi connectivity index (χ4v) is 4.46. The van der Waals surface area contributed by atoms with Crippen molar-refractivity contribution >= 4 is 28.0 Å². The van der Waals surface area contributed by atoms with Gasteiger partial charge < -0.3 is 19.3 Å². The Morgan fingerprint density at radius 1 is 0.971 bits per heavy atom. The second kappa shape index (κ2) is 9.88. The molecule has 2 aromatic carbocycles. The predicted molar refractivity (Wildman–Crippen MR) is 140 cm³/mol. The predicted octanol–water partition coefficient (Wildman–Crippen LogP) is 5.85. The molecule has 1 fully saturated rings. The molecule has 0 bridgehead atoms. The van der Waals surface area contributed by atoms with Crippen LogP contribution < -0.4 is 14.5 Å². The zero-order valence-corrected chi connectivity index (χ0v) is 20.7. The maximum Gasteiger partial charge on any atom is 0.322 e. The molecule has 2 aromatic heterocycles. The molecule has 0 N–H and O–H groups in total. The molecule has 0 saturated carbocycles. The van der Waals surface area contributed by atoms with Gasteiger partial charge in [-0.3, -0.25) is 4.98 Å². The van der Waals surface area contributed by atoms with Gasteiger partial charge in [-0.25, -0.2) is 0 Å². The Bertz CT molecular complexity index is 1320. The van der Waals surface area contributed by atoms with Gasteiger partial charge >= 0.3 is 6.01 Å². The average Bonchev–Trinajstić information content (AvgIpc) is 2.89. The summed E-state index contributed by atoms with van der Waals surface area (Å²) in [7, 11) is 2.09. The van der Waals surface area contributed by atoms with Crippen LogP contribution >= 0.6 is 0 Å². The highest BCUT2D eigenvalue weighted by Gasteiger charge is 2.18. The van der Waals surface area contributed by atoms with Gasteiger partial charge in [0.15, 0.2) is 0 Å². The molecule has 180 valence electrons. The van der Waals surface area contributed by atoms with Crippen LogP contribution in [-0.4, -0.2) is 48.3 Å². The van der Waals surface area contributed by atoms with Gasteiger partial charge in [0, 0.05) is 48.8 Å². The number of benzene rings is 2. The first-order valence-electron chi connectivity index (χ1n) is 12.1. The highest BCUT2D eigenvalue weighted by molar-refractivity contribution is 5.79. The molecule has 35 heavy (non-hydrogen) atoms. The number of hydrogen-bond acceptors (Lipinski definition) is 7. The lowest BCUT2D eigenvalue weighted by atomic mass is 9.99. The Kier molecular flexibility index (Phi) is 6.51. The molecule has 1 saturated heterocycles. The van der Waals surface area contributed by atoms with Gasteiger partial charge in [-0.2, -0.15) is 9.97 Å². The van der Waals surface area contributed by atoms with Crippen LogP contribution in [0.15, 0.2) is 60.9 Å². The number of anilines is 3. The van der Waals surface area contributed by atoms with Crippen LogP contribution in [0.3, 0.4) is 0 Å². The highest BCUT2D eigenvalue weighted by Crippen LogP contribution is 2.35. The quantitative estimate of drug-likeness (QED) is 0.351. The lowest BCUT2D eigenvalue weighted by Crippen LogP contribution is -2.37. The first-order valence-corrected chi connectivity index (χ1v) is 12.1. The minimum Gasteiger partial charge on any atom is -0.424 e. The number of nitrogens with zero attached hydrogens (tertiary/aromatic N) is 5. The number of hydrogen-bond donors (Lipinski definition) is 0. The normalized spacial score (nSPS) is 13.9. The van der Waals surface area contributed by atoms with Crippen molar-refractivity contribution in [1.82, 2.24) is 15.0 Å². The van der Waals surface area contributed by atoms with E-state index < -0.39 is 0 Å². The first-order chi connectivity index (χ1) is 17.0. The number of pyridine rings is 1. The van der Waals surface area contributed by atoms with E-state index in [1.54, 1.807) is 12.4 Å². The standard InChI is InChI=1S/C28H31N5O2/c1-19(2)24-10-7-22(17-27(24)33-13-15-34-16-14-33)32(4)21-5-8-23(9-6-21)35-28-30-20(3)25-11-12-29-18-26(25)31-28/h5-12,17-19H,13-16H2,1-4H3. The molecule has 7 heteroatoms. The van der Waals surface area contributed by atoms with Gasteiger partial charge in [-0.15, -0.1) is 0 Å². The van der Waals surface area contributed by atoms with E-state index in [1.807, 2.05) is 25.1 Å². The Morgan fingerprint density at radius 2 is 1.71 bits per heavy atom. The number of aromatic nitrogens is 3. The molecule has 0 amide bonds. The summed E-state index contributed by atoms with van der Waals surface area (Å²) in [6.45, 7) is 9.84. The topological polar surface area (TPSA) is 63.6 Å². The van der Waals surface area contributed by atoms with Crippen molar-refractivity contribution in [2.45, 2.75) is 26.7 Å². The molecule has 0 unspecified atom stereocenters. The fourth-order valence-electron chi connectivity index (χ4n) is 4.46. The van der Waals surface area contributed by atoms with Crippen molar-refractivity contribution in [2.24, 2.45) is 0 Å². The van der Waals surface area contributed by atoms with Crippen molar-refractivity contribution in [3.8, 4) is 11.8 Å². The number of rotatable bonds is 6. The van der Waals surface area contributed by atoms with Crippen LogP contribution in [0.2, 0.25) is 0 Å². The summed E-state index contributed by atoms with van der Waals surface area (Å²) >= 11 is 0. The number of ether oxygens (including phenoxy) is 2. The van der Waals surface area contributed by atoms with E-state index in [0.29, 0.717) is 17.7 Å². The number of morpholine rings is 1. The zero-order valence-electron chi connectivity index (χ0n) is 20.7. The summed E-state index contributed by atoms with van der Waals surface area (Å²) < 4.78 is 11.5. The Morgan fingerprint density at radius 3 is 2.46 bits per heavy atom. The number of aryl methyl sites for hydroxylation is 1. The van der Waals surface area contributed by atoms with Crippen molar-refractivity contribution in [2.75, 3.05) is 43.2 Å². The summed E-state index contributed by atoms with van der Waals surface area (Å²) in [5.41, 5.74) is 6.52. The molecule has 1 aliphatic heterocycles. The first kappa shape index (κ1) is 23.1. The largest absolute Gasteiger partial charge is 0.424 e. The van der Waals surface area contributed by atoms with Crippen molar-refractivity contribution in [3.05, 3.63) is 72.2 Å². The van der Waals surface area contributed by atoms with Crippen LogP contribution in [0.4, 0.5) is 17.1 Å². The van der Waals surface area contributed by atoms with E-state index in [1.165, 1.54) is 11.3 Å². The summed E-state index contributed by atoms with van der Waals surface area (Å²) in [5, 5.41) is 0.976. The molecule has 0 spiro atoms. The van der Waals surface area contributed by atoms with Crippen LogP contribution in [0, 0.1) is 6.92 Å². The van der Waals surface area contributed by atoms with Crippen LogP contribution in [0.1, 0.15) is 31.0 Å². The maximum absolute atomic E-state index is 5.96. The fraction of sp³-hybridized carbons (Fsp3) is 0.321. The van der Waals surface area contributed by atoms with Crippen molar-refractivity contribution in [1.29, 1.82) is 0 Å². The van der Waals surface area contributed by atoms with E-state index >= 15 is 0 Å². The lowest BCUT2D eigenvalue weighted by molar-refractivity contribution is 0.122. The Hall–Kier alpha value is -3.71. The van der Waals surface area contributed by atoms with Crippen LogP contribution in [0.5, 0.6) is 11.8 Å². The molecule has 0 radical (unpaired) electrons. The Labute approximate surface area is 206 Å². The third-order valence-electron chi connectivity index (χ3n) is 6.48. The molecule has 3 heterocycles.